The summed E-state index contributed by atoms with van der Waals surface area (Å²) >= 11 is 1.86. The van der Waals surface area contributed by atoms with Crippen molar-refractivity contribution in [2.24, 2.45) is 5.73 Å². The van der Waals surface area contributed by atoms with Gasteiger partial charge < -0.3 is 10.2 Å². The molecular weight excluding hydrogens is 230 g/mol. The number of benzene rings is 1. The largest absolute Gasteiger partial charge is 0.459 e. The van der Waals surface area contributed by atoms with E-state index in [1.54, 1.807) is 0 Å². The highest BCUT2D eigenvalue weighted by Crippen LogP contribution is 2.29. The van der Waals surface area contributed by atoms with Crippen molar-refractivity contribution in [3.63, 3.8) is 0 Å². The molecular formula is C14H19NOS. The summed E-state index contributed by atoms with van der Waals surface area (Å²) in [7, 11) is 0. The zero-order chi connectivity index (χ0) is 12.5. The normalized spacial score (nSPS) is 14.1. The van der Waals surface area contributed by atoms with Crippen molar-refractivity contribution >= 4 is 22.7 Å². The highest BCUT2D eigenvalue weighted by molar-refractivity contribution is 8.00. The van der Waals surface area contributed by atoms with Gasteiger partial charge in [0.15, 0.2) is 0 Å². The van der Waals surface area contributed by atoms with E-state index >= 15 is 0 Å². The van der Waals surface area contributed by atoms with Gasteiger partial charge >= 0.3 is 0 Å². The summed E-state index contributed by atoms with van der Waals surface area (Å²) in [5.41, 5.74) is 7.07. The third-order valence-electron chi connectivity index (χ3n) is 2.51. The monoisotopic (exact) mass is 249 g/mol. The Bertz CT molecular complexity index is 465. The molecule has 0 amide bonds. The molecule has 2 nitrogen and oxygen atoms in total. The molecule has 1 aromatic carbocycles. The molecule has 1 unspecified atom stereocenters. The molecule has 2 rings (SSSR count). The Morgan fingerprint density at radius 3 is 2.65 bits per heavy atom. The number of hydrogen-bond acceptors (Lipinski definition) is 3. The first-order chi connectivity index (χ1) is 7.96. The summed E-state index contributed by atoms with van der Waals surface area (Å²) in [6.45, 7) is 6.59. The molecule has 0 radical (unpaired) electrons. The summed E-state index contributed by atoms with van der Waals surface area (Å²) in [5, 5.41) is 1.12. The van der Waals surface area contributed by atoms with Gasteiger partial charge in [0.05, 0.1) is 6.04 Å². The second-order valence-corrected chi connectivity index (χ2v) is 7.06. The lowest BCUT2D eigenvalue weighted by Crippen LogP contribution is -2.17. The average Bonchev–Trinajstić information content (AvgIpc) is 2.68. The molecule has 0 bridgehead atoms. The maximum absolute atomic E-state index is 6.15. The Labute approximate surface area is 107 Å². The quantitative estimate of drug-likeness (QED) is 0.894. The number of fused-ring (bicyclic) bond motifs is 1. The van der Waals surface area contributed by atoms with Gasteiger partial charge in [0.25, 0.3) is 0 Å². The van der Waals surface area contributed by atoms with Crippen molar-refractivity contribution in [2.45, 2.75) is 31.6 Å². The van der Waals surface area contributed by atoms with Crippen molar-refractivity contribution < 1.29 is 4.42 Å². The first-order valence-corrected chi connectivity index (χ1v) is 6.82. The van der Waals surface area contributed by atoms with Crippen molar-refractivity contribution in [3.05, 3.63) is 36.1 Å². The third kappa shape index (κ3) is 3.27. The first-order valence-electron chi connectivity index (χ1n) is 5.84. The van der Waals surface area contributed by atoms with Crippen LogP contribution in [0, 0.1) is 0 Å². The molecule has 0 fully saturated rings. The van der Waals surface area contributed by atoms with Crippen LogP contribution in [0.3, 0.4) is 0 Å². The fourth-order valence-electron chi connectivity index (χ4n) is 1.61. The van der Waals surface area contributed by atoms with Gasteiger partial charge in [-0.15, -0.1) is 0 Å². The van der Waals surface area contributed by atoms with Crippen LogP contribution in [-0.2, 0) is 0 Å². The van der Waals surface area contributed by atoms with Gasteiger partial charge in [0.1, 0.15) is 11.3 Å². The van der Waals surface area contributed by atoms with Crippen molar-refractivity contribution in [3.8, 4) is 0 Å². The maximum atomic E-state index is 6.15. The van der Waals surface area contributed by atoms with Crippen LogP contribution in [0.5, 0.6) is 0 Å². The molecule has 3 heteroatoms. The van der Waals surface area contributed by atoms with E-state index in [-0.39, 0.29) is 10.8 Å². The molecule has 2 aromatic rings. The van der Waals surface area contributed by atoms with E-state index in [0.717, 1.165) is 22.5 Å². The molecule has 0 saturated carbocycles. The summed E-state index contributed by atoms with van der Waals surface area (Å²) < 4.78 is 6.00. The second-order valence-electron chi connectivity index (χ2n) is 5.22. The molecule has 0 spiro atoms. The molecule has 0 aliphatic carbocycles. The molecule has 92 valence electrons. The lowest BCUT2D eigenvalue weighted by molar-refractivity contribution is 0.515. The Morgan fingerprint density at radius 1 is 1.29 bits per heavy atom. The van der Waals surface area contributed by atoms with Crippen LogP contribution < -0.4 is 5.73 Å². The van der Waals surface area contributed by atoms with Crippen LogP contribution in [0.4, 0.5) is 0 Å². The van der Waals surface area contributed by atoms with Gasteiger partial charge in [-0.1, -0.05) is 39.0 Å². The van der Waals surface area contributed by atoms with Gasteiger partial charge in [0, 0.05) is 15.9 Å². The average molecular weight is 249 g/mol. The number of rotatable bonds is 3. The highest BCUT2D eigenvalue weighted by atomic mass is 32.2. The van der Waals surface area contributed by atoms with Crippen LogP contribution in [-0.4, -0.2) is 10.5 Å². The SMILES string of the molecule is CC(C)(C)SCC(N)c1cc2ccccc2o1. The Morgan fingerprint density at radius 2 is 2.00 bits per heavy atom. The summed E-state index contributed by atoms with van der Waals surface area (Å²) in [6, 6.07) is 10.0. The summed E-state index contributed by atoms with van der Waals surface area (Å²) in [5.74, 6) is 1.76. The summed E-state index contributed by atoms with van der Waals surface area (Å²) in [4.78, 5) is 0. The topological polar surface area (TPSA) is 39.2 Å². The van der Waals surface area contributed by atoms with E-state index in [1.165, 1.54) is 0 Å². The lowest BCUT2D eigenvalue weighted by Gasteiger charge is -2.19. The predicted octanol–water partition coefficient (Wildman–Crippen LogP) is 3.96. The molecule has 0 aliphatic heterocycles. The molecule has 0 saturated heterocycles. The fourth-order valence-corrected chi connectivity index (χ4v) is 2.45. The van der Waals surface area contributed by atoms with E-state index in [1.807, 2.05) is 42.1 Å². The van der Waals surface area contributed by atoms with Gasteiger partial charge in [-0.05, 0) is 12.1 Å². The molecule has 2 N–H and O–H groups in total. The van der Waals surface area contributed by atoms with E-state index in [9.17, 15) is 0 Å². The number of thioether (sulfide) groups is 1. The molecule has 0 aliphatic rings. The Hall–Kier alpha value is -0.930. The van der Waals surface area contributed by atoms with Gasteiger partial charge in [-0.3, -0.25) is 0 Å². The van der Waals surface area contributed by atoms with E-state index in [4.69, 9.17) is 10.2 Å². The van der Waals surface area contributed by atoms with Crippen molar-refractivity contribution in [2.75, 3.05) is 5.75 Å². The number of nitrogens with two attached hydrogens (primary N) is 1. The molecule has 1 heterocycles. The van der Waals surface area contributed by atoms with Crippen LogP contribution >= 0.6 is 11.8 Å². The third-order valence-corrected chi connectivity index (χ3v) is 3.90. The Balaban J connectivity index is 2.11. The van der Waals surface area contributed by atoms with Gasteiger partial charge in [0.2, 0.25) is 0 Å². The molecule has 1 atom stereocenters. The van der Waals surface area contributed by atoms with Crippen LogP contribution in [0.15, 0.2) is 34.7 Å². The zero-order valence-electron chi connectivity index (χ0n) is 10.6. The Kier molecular flexibility index (Phi) is 3.50. The van der Waals surface area contributed by atoms with E-state index in [0.29, 0.717) is 0 Å². The van der Waals surface area contributed by atoms with Gasteiger partial charge in [-0.25, -0.2) is 0 Å². The minimum absolute atomic E-state index is 0.0355. The van der Waals surface area contributed by atoms with Crippen molar-refractivity contribution in [1.82, 2.24) is 0 Å². The first kappa shape index (κ1) is 12.5. The molecule has 1 aromatic heterocycles. The zero-order valence-corrected chi connectivity index (χ0v) is 11.4. The minimum Gasteiger partial charge on any atom is -0.459 e. The highest BCUT2D eigenvalue weighted by Gasteiger charge is 2.17. The predicted molar refractivity (Wildman–Crippen MR) is 75.4 cm³/mol. The summed E-state index contributed by atoms with van der Waals surface area (Å²) in [6.07, 6.45) is 0. The fraction of sp³-hybridized carbons (Fsp3) is 0.429. The second kappa shape index (κ2) is 4.75. The van der Waals surface area contributed by atoms with Crippen LogP contribution in [0.1, 0.15) is 32.6 Å². The van der Waals surface area contributed by atoms with Crippen molar-refractivity contribution in [1.29, 1.82) is 0 Å². The van der Waals surface area contributed by atoms with Gasteiger partial charge in [-0.2, -0.15) is 11.8 Å². The smallest absolute Gasteiger partial charge is 0.134 e. The number of furan rings is 1. The number of para-hydroxylation sites is 1. The van der Waals surface area contributed by atoms with Crippen LogP contribution in [0.25, 0.3) is 11.0 Å². The van der Waals surface area contributed by atoms with Crippen LogP contribution in [0.2, 0.25) is 0 Å². The maximum Gasteiger partial charge on any atom is 0.134 e. The lowest BCUT2D eigenvalue weighted by atomic mass is 10.2. The minimum atomic E-state index is -0.0355. The standard InChI is InChI=1S/C14H19NOS/c1-14(2,3)17-9-11(15)13-8-10-6-4-5-7-12(10)16-13/h4-8,11H,9,15H2,1-3H3. The van der Waals surface area contributed by atoms with E-state index < -0.39 is 0 Å². The molecule has 17 heavy (non-hydrogen) atoms. The van der Waals surface area contributed by atoms with E-state index in [2.05, 4.69) is 20.8 Å². The number of hydrogen-bond donors (Lipinski definition) is 1.